The Labute approximate surface area is 187 Å². The minimum Gasteiger partial charge on any atom is -0.493 e. The number of nitrogens with zero attached hydrogens (tertiary/aromatic N) is 4. The highest BCUT2D eigenvalue weighted by molar-refractivity contribution is 9.10. The van der Waals surface area contributed by atoms with Crippen LogP contribution in [0.25, 0.3) is 0 Å². The molecule has 0 amide bonds. The Hall–Kier alpha value is -2.17. The van der Waals surface area contributed by atoms with Gasteiger partial charge in [-0.2, -0.15) is 0 Å². The zero-order valence-corrected chi connectivity index (χ0v) is 19.2. The summed E-state index contributed by atoms with van der Waals surface area (Å²) in [7, 11) is 3.42. The van der Waals surface area contributed by atoms with Crippen LogP contribution in [0.4, 0.5) is 4.39 Å². The zero-order chi connectivity index (χ0) is 21.3. The van der Waals surface area contributed by atoms with Gasteiger partial charge < -0.3 is 14.8 Å². The van der Waals surface area contributed by atoms with Crippen LogP contribution < -0.4 is 14.8 Å². The van der Waals surface area contributed by atoms with Crippen LogP contribution in [0.15, 0.2) is 46.0 Å². The third-order valence-corrected chi connectivity index (χ3v) is 5.94. The van der Waals surface area contributed by atoms with Crippen molar-refractivity contribution < 1.29 is 13.9 Å². The van der Waals surface area contributed by atoms with Gasteiger partial charge in [0.25, 0.3) is 0 Å². The molecule has 0 unspecified atom stereocenters. The molecule has 3 rings (SSSR count). The first kappa shape index (κ1) is 22.5. The van der Waals surface area contributed by atoms with Crippen molar-refractivity contribution >= 4 is 27.7 Å². The van der Waals surface area contributed by atoms with E-state index >= 15 is 0 Å². The van der Waals surface area contributed by atoms with Gasteiger partial charge >= 0.3 is 0 Å². The van der Waals surface area contributed by atoms with Crippen molar-refractivity contribution in [2.75, 3.05) is 19.4 Å². The molecule has 0 atom stereocenters. The Morgan fingerprint density at radius 1 is 1.27 bits per heavy atom. The minimum atomic E-state index is -0.290. The summed E-state index contributed by atoms with van der Waals surface area (Å²) in [4.78, 5) is 0. The van der Waals surface area contributed by atoms with Crippen molar-refractivity contribution in [1.82, 2.24) is 25.5 Å². The van der Waals surface area contributed by atoms with Gasteiger partial charge in [0.15, 0.2) is 11.5 Å². The van der Waals surface area contributed by atoms with E-state index in [0.717, 1.165) is 33.9 Å². The van der Waals surface area contributed by atoms with Crippen molar-refractivity contribution in [2.24, 2.45) is 7.05 Å². The van der Waals surface area contributed by atoms with Crippen molar-refractivity contribution in [2.45, 2.75) is 24.7 Å². The molecular weight excluding hydrogens is 473 g/mol. The van der Waals surface area contributed by atoms with Crippen LogP contribution >= 0.6 is 27.7 Å². The topological polar surface area (TPSA) is 74.1 Å². The SMILES string of the molecule is COc1cc(CNCCCSc2nnnn2C)cc(Br)c1OCc1ccccc1F. The molecule has 1 aromatic heterocycles. The van der Waals surface area contributed by atoms with Gasteiger partial charge in [-0.3, -0.25) is 0 Å². The summed E-state index contributed by atoms with van der Waals surface area (Å²) in [6.07, 6.45) is 0.986. The number of hydrogen-bond acceptors (Lipinski definition) is 7. The molecule has 30 heavy (non-hydrogen) atoms. The summed E-state index contributed by atoms with van der Waals surface area (Å²) in [6.45, 7) is 1.68. The van der Waals surface area contributed by atoms with Crippen LogP contribution in [-0.2, 0) is 20.2 Å². The second kappa shape index (κ2) is 11.3. The Morgan fingerprint density at radius 3 is 2.83 bits per heavy atom. The largest absolute Gasteiger partial charge is 0.493 e. The molecule has 1 heterocycles. The number of aryl methyl sites for hydroxylation is 1. The van der Waals surface area contributed by atoms with Crippen LogP contribution in [-0.4, -0.2) is 39.6 Å². The molecule has 0 aliphatic heterocycles. The van der Waals surface area contributed by atoms with E-state index in [1.54, 1.807) is 41.8 Å². The molecular formula is C20H23BrFN5O2S. The molecule has 10 heteroatoms. The summed E-state index contributed by atoms with van der Waals surface area (Å²) in [5.74, 6) is 1.79. The van der Waals surface area contributed by atoms with E-state index in [9.17, 15) is 4.39 Å². The number of tetrazole rings is 1. The highest BCUT2D eigenvalue weighted by Crippen LogP contribution is 2.37. The van der Waals surface area contributed by atoms with Crippen molar-refractivity contribution in [3.63, 3.8) is 0 Å². The average molecular weight is 496 g/mol. The van der Waals surface area contributed by atoms with Gasteiger partial charge in [0.2, 0.25) is 5.16 Å². The Bertz CT molecular complexity index is 972. The van der Waals surface area contributed by atoms with E-state index in [2.05, 4.69) is 36.8 Å². The van der Waals surface area contributed by atoms with Crippen molar-refractivity contribution in [1.29, 1.82) is 0 Å². The normalized spacial score (nSPS) is 10.9. The van der Waals surface area contributed by atoms with Gasteiger partial charge in [-0.25, -0.2) is 9.07 Å². The standard InChI is InChI=1S/C20H23BrFN5O2S/c1-27-20(24-25-26-27)30-9-5-8-23-12-14-10-16(21)19(18(11-14)28-2)29-13-15-6-3-4-7-17(15)22/h3-4,6-7,10-11,23H,5,8-9,12-13H2,1-2H3. The molecule has 0 radical (unpaired) electrons. The molecule has 2 aromatic carbocycles. The molecule has 160 valence electrons. The second-order valence-corrected chi connectivity index (χ2v) is 8.37. The summed E-state index contributed by atoms with van der Waals surface area (Å²) < 4.78 is 27.6. The number of rotatable bonds is 11. The lowest BCUT2D eigenvalue weighted by Gasteiger charge is -2.15. The maximum absolute atomic E-state index is 13.8. The molecule has 7 nitrogen and oxygen atoms in total. The monoisotopic (exact) mass is 495 g/mol. The summed E-state index contributed by atoms with van der Waals surface area (Å²) >= 11 is 5.17. The number of halogens is 2. The highest BCUT2D eigenvalue weighted by Gasteiger charge is 2.13. The molecule has 0 saturated carbocycles. The molecule has 0 fully saturated rings. The van der Waals surface area contributed by atoms with Crippen LogP contribution in [0.1, 0.15) is 17.5 Å². The predicted octanol–water partition coefficient (Wildman–Crippen LogP) is 3.97. The fourth-order valence-corrected chi connectivity index (χ4v) is 4.11. The van der Waals surface area contributed by atoms with Gasteiger partial charge in [0, 0.05) is 24.9 Å². The van der Waals surface area contributed by atoms with Gasteiger partial charge in [-0.15, -0.1) is 5.10 Å². The van der Waals surface area contributed by atoms with Gasteiger partial charge in [0.1, 0.15) is 12.4 Å². The number of nitrogens with one attached hydrogen (secondary N) is 1. The summed E-state index contributed by atoms with van der Waals surface area (Å²) in [5.41, 5.74) is 1.55. The second-order valence-electron chi connectivity index (χ2n) is 6.45. The lowest BCUT2D eigenvalue weighted by atomic mass is 10.2. The number of hydrogen-bond donors (Lipinski definition) is 1. The fourth-order valence-electron chi connectivity index (χ4n) is 2.72. The first-order chi connectivity index (χ1) is 14.6. The van der Waals surface area contributed by atoms with Crippen LogP contribution in [0.5, 0.6) is 11.5 Å². The molecule has 0 bridgehead atoms. The van der Waals surface area contributed by atoms with Gasteiger partial charge in [-0.05, 0) is 63.1 Å². The lowest BCUT2D eigenvalue weighted by Crippen LogP contribution is -2.15. The summed E-state index contributed by atoms with van der Waals surface area (Å²) in [6, 6.07) is 10.5. The average Bonchev–Trinajstić information content (AvgIpc) is 3.15. The number of thioether (sulfide) groups is 1. The van der Waals surface area contributed by atoms with Crippen LogP contribution in [0.3, 0.4) is 0 Å². The third-order valence-electron chi connectivity index (χ3n) is 4.26. The molecule has 3 aromatic rings. The first-order valence-electron chi connectivity index (χ1n) is 9.37. The van der Waals surface area contributed by atoms with E-state index in [4.69, 9.17) is 9.47 Å². The van der Waals surface area contributed by atoms with E-state index in [-0.39, 0.29) is 12.4 Å². The molecule has 0 spiro atoms. The van der Waals surface area contributed by atoms with Crippen LogP contribution in [0.2, 0.25) is 0 Å². The number of benzene rings is 2. The molecule has 1 N–H and O–H groups in total. The van der Waals surface area contributed by atoms with Crippen molar-refractivity contribution in [3.8, 4) is 11.5 Å². The molecule has 0 aliphatic rings. The smallest absolute Gasteiger partial charge is 0.209 e. The van der Waals surface area contributed by atoms with Crippen LogP contribution in [0, 0.1) is 5.82 Å². The maximum Gasteiger partial charge on any atom is 0.209 e. The minimum absolute atomic E-state index is 0.123. The summed E-state index contributed by atoms with van der Waals surface area (Å²) in [5, 5.41) is 15.6. The highest BCUT2D eigenvalue weighted by atomic mass is 79.9. The number of methoxy groups -OCH3 is 1. The van der Waals surface area contributed by atoms with Gasteiger partial charge in [0.05, 0.1) is 11.6 Å². The molecule has 0 saturated heterocycles. The van der Waals surface area contributed by atoms with Crippen molar-refractivity contribution in [3.05, 3.63) is 57.8 Å². The Balaban J connectivity index is 1.49. The maximum atomic E-state index is 13.8. The van der Waals surface area contributed by atoms with E-state index < -0.39 is 0 Å². The fraction of sp³-hybridized carbons (Fsp3) is 0.350. The number of ether oxygens (including phenoxy) is 2. The van der Waals surface area contributed by atoms with Gasteiger partial charge in [-0.1, -0.05) is 30.0 Å². The zero-order valence-electron chi connectivity index (χ0n) is 16.8. The predicted molar refractivity (Wildman–Crippen MR) is 117 cm³/mol. The number of aromatic nitrogens is 4. The van der Waals surface area contributed by atoms with E-state index in [1.807, 2.05) is 19.2 Å². The first-order valence-corrected chi connectivity index (χ1v) is 11.1. The lowest BCUT2D eigenvalue weighted by molar-refractivity contribution is 0.277. The third kappa shape index (κ3) is 6.16. The quantitative estimate of drug-likeness (QED) is 0.318. The van der Waals surface area contributed by atoms with E-state index in [0.29, 0.717) is 23.6 Å². The Kier molecular flexibility index (Phi) is 8.47. The Morgan fingerprint density at radius 2 is 2.10 bits per heavy atom. The van der Waals surface area contributed by atoms with E-state index in [1.165, 1.54) is 6.07 Å². The molecule has 0 aliphatic carbocycles.